The lowest BCUT2D eigenvalue weighted by Crippen LogP contribution is -2.53. The van der Waals surface area contributed by atoms with Gasteiger partial charge < -0.3 is 9.80 Å². The van der Waals surface area contributed by atoms with Gasteiger partial charge in [-0.15, -0.1) is 4.81 Å². The normalized spacial score (nSPS) is 21.8. The third-order valence-corrected chi connectivity index (χ3v) is 7.73. The molecule has 0 saturated carbocycles. The van der Waals surface area contributed by atoms with Crippen molar-refractivity contribution in [2.45, 2.75) is 11.3 Å². The van der Waals surface area contributed by atoms with Gasteiger partial charge in [-0.1, -0.05) is 115 Å². The van der Waals surface area contributed by atoms with Gasteiger partial charge in [0.15, 0.2) is 16.4 Å². The zero-order chi connectivity index (χ0) is 26.3. The Bertz CT molecular complexity index is 1650. The number of fused-ring (bicyclic) bond motifs is 1. The Hall–Kier alpha value is -4.81. The van der Waals surface area contributed by atoms with Crippen molar-refractivity contribution < 1.29 is 4.81 Å². The number of hydrogen-bond acceptors (Lipinski definition) is 2. The first-order valence-corrected chi connectivity index (χ1v) is 13.3. The van der Waals surface area contributed by atoms with Gasteiger partial charge in [0.1, 0.15) is 0 Å². The van der Waals surface area contributed by atoms with Crippen molar-refractivity contribution in [1.29, 1.82) is 0 Å². The van der Waals surface area contributed by atoms with Crippen LogP contribution in [0.4, 0.5) is 17.1 Å². The first-order chi connectivity index (χ1) is 19.3. The van der Waals surface area contributed by atoms with Crippen LogP contribution in [-0.2, 0) is 11.3 Å². The highest BCUT2D eigenvalue weighted by Gasteiger charge is 2.70. The zero-order valence-electron chi connectivity index (χ0n) is 21.1. The van der Waals surface area contributed by atoms with Crippen molar-refractivity contribution in [1.82, 2.24) is 0 Å². The minimum Gasteiger partial charge on any atom is -0.300 e. The first-order valence-electron chi connectivity index (χ1n) is 12.9. The van der Waals surface area contributed by atoms with Gasteiger partial charge in [-0.2, -0.15) is 10.5 Å². The molecule has 2 atom stereocenters. The van der Waals surface area contributed by atoms with E-state index in [4.69, 9.17) is 22.8 Å². The summed E-state index contributed by atoms with van der Waals surface area (Å²) in [7, 11) is 0. The van der Waals surface area contributed by atoms with E-state index in [1.54, 1.807) is 4.81 Å². The van der Waals surface area contributed by atoms with E-state index in [0.29, 0.717) is 5.11 Å². The summed E-state index contributed by atoms with van der Waals surface area (Å²) in [4.78, 5) is 6.13. The highest BCUT2D eigenvalue weighted by molar-refractivity contribution is 7.80. The molecule has 2 heterocycles. The monoisotopic (exact) mass is 523 g/mol. The molecule has 0 amide bonds. The van der Waals surface area contributed by atoms with Crippen LogP contribution in [0.2, 0.25) is 0 Å². The Labute approximate surface area is 233 Å². The number of para-hydroxylation sites is 3. The summed E-state index contributed by atoms with van der Waals surface area (Å²) in [5, 5.41) is 6.14. The van der Waals surface area contributed by atoms with E-state index in [0.717, 1.165) is 28.2 Å². The standard InChI is InChI=1S/C33H25N5S/c39-31-36(28-20-10-3-11-21-28)32(26-16-6-1-7-17-26)33(27-18-8-2-9-19-27,37(31)29-22-12-4-13-23-29)35-38(34-32)30-24-14-5-15-25-30/h1-25H. The maximum Gasteiger partial charge on any atom is 0.225 e. The number of hydrogen-bond donors (Lipinski definition) is 0. The van der Waals surface area contributed by atoms with Crippen molar-refractivity contribution in [3.05, 3.63) is 168 Å². The molecule has 0 spiro atoms. The van der Waals surface area contributed by atoms with Gasteiger partial charge in [-0.05, 0) is 47.6 Å². The lowest BCUT2D eigenvalue weighted by atomic mass is 9.81. The van der Waals surface area contributed by atoms with Crippen LogP contribution in [0.5, 0.6) is 0 Å². The highest BCUT2D eigenvalue weighted by atomic mass is 32.1. The quantitative estimate of drug-likeness (QED) is 0.172. The molecule has 2 unspecified atom stereocenters. The van der Waals surface area contributed by atoms with Gasteiger partial charge in [0.25, 0.3) is 0 Å². The average molecular weight is 524 g/mol. The maximum atomic E-state index is 6.39. The predicted octanol–water partition coefficient (Wildman–Crippen LogP) is 8.10. The molecule has 39 heavy (non-hydrogen) atoms. The highest BCUT2D eigenvalue weighted by Crippen LogP contribution is 2.64. The average Bonchev–Trinajstić information content (AvgIpc) is 3.47. The van der Waals surface area contributed by atoms with Crippen LogP contribution in [0, 0.1) is 0 Å². The van der Waals surface area contributed by atoms with Gasteiger partial charge >= 0.3 is 0 Å². The molecule has 5 aromatic rings. The van der Waals surface area contributed by atoms with Crippen LogP contribution < -0.4 is 9.80 Å². The van der Waals surface area contributed by atoms with Gasteiger partial charge in [-0.3, -0.25) is 0 Å². The first kappa shape index (κ1) is 23.3. The second-order valence-electron chi connectivity index (χ2n) is 9.53. The molecular weight excluding hydrogens is 498 g/mol. The van der Waals surface area contributed by atoms with Crippen molar-refractivity contribution in [3.8, 4) is 0 Å². The van der Waals surface area contributed by atoms with Crippen LogP contribution in [0.3, 0.4) is 0 Å². The van der Waals surface area contributed by atoms with E-state index in [-0.39, 0.29) is 0 Å². The number of nitrogens with zero attached hydrogens (tertiary/aromatic N) is 5. The summed E-state index contributed by atoms with van der Waals surface area (Å²) >= 11 is 6.39. The largest absolute Gasteiger partial charge is 0.300 e. The summed E-state index contributed by atoms with van der Waals surface area (Å²) in [5.74, 6) is 0. The van der Waals surface area contributed by atoms with E-state index < -0.39 is 11.3 Å². The van der Waals surface area contributed by atoms with E-state index >= 15 is 0 Å². The third kappa shape index (κ3) is 3.35. The van der Waals surface area contributed by atoms with Gasteiger partial charge in [0.05, 0.1) is 0 Å². The van der Waals surface area contributed by atoms with E-state index in [1.807, 2.05) is 78.9 Å². The molecule has 5 nitrogen and oxygen atoms in total. The SMILES string of the molecule is S=C1N(c2ccccc2)C2(c3ccccc3)N=[N+](c3ccccc3)[N-]C2(c2ccccc2)N1c1ccccc1. The molecule has 0 N–H and O–H groups in total. The minimum absolute atomic E-state index is 0.625. The van der Waals surface area contributed by atoms with E-state index in [1.165, 1.54) is 0 Å². The molecule has 0 aromatic heterocycles. The summed E-state index contributed by atoms with van der Waals surface area (Å²) in [6.07, 6.45) is 0. The van der Waals surface area contributed by atoms with Crippen molar-refractivity contribution in [2.24, 2.45) is 5.11 Å². The number of azo groups is 1. The van der Waals surface area contributed by atoms with Crippen molar-refractivity contribution in [3.63, 3.8) is 0 Å². The fourth-order valence-electron chi connectivity index (χ4n) is 5.76. The third-order valence-electron chi connectivity index (χ3n) is 7.36. The van der Waals surface area contributed by atoms with Crippen LogP contribution in [0.1, 0.15) is 11.1 Å². The van der Waals surface area contributed by atoms with Crippen LogP contribution in [0.25, 0.3) is 5.43 Å². The Morgan fingerprint density at radius 3 is 1.51 bits per heavy atom. The second kappa shape index (κ2) is 9.19. The van der Waals surface area contributed by atoms with Crippen LogP contribution >= 0.6 is 12.2 Å². The number of benzene rings is 5. The molecular formula is C33H25N5S. The molecule has 2 aliphatic heterocycles. The van der Waals surface area contributed by atoms with Gasteiger partial charge in [0, 0.05) is 23.5 Å². The summed E-state index contributed by atoms with van der Waals surface area (Å²) in [5.41, 5.74) is 8.15. The topological polar surface area (TPSA) is 36.0 Å². The molecule has 2 aliphatic rings. The Morgan fingerprint density at radius 2 is 0.974 bits per heavy atom. The summed E-state index contributed by atoms with van der Waals surface area (Å²) in [6, 6.07) is 51.4. The molecule has 6 heteroatoms. The van der Waals surface area contributed by atoms with E-state index in [9.17, 15) is 0 Å². The number of rotatable bonds is 5. The van der Waals surface area contributed by atoms with Crippen molar-refractivity contribution in [2.75, 3.05) is 9.80 Å². The Morgan fingerprint density at radius 1 is 0.538 bits per heavy atom. The minimum atomic E-state index is -1.06. The Kier molecular flexibility index (Phi) is 5.49. The molecule has 7 rings (SSSR count). The molecule has 0 bridgehead atoms. The van der Waals surface area contributed by atoms with Gasteiger partial charge in [-0.25, -0.2) is 0 Å². The fraction of sp³-hybridized carbons (Fsp3) is 0.0606. The summed E-state index contributed by atoms with van der Waals surface area (Å²) in [6.45, 7) is 0. The fourth-order valence-corrected chi connectivity index (χ4v) is 6.23. The molecule has 0 radical (unpaired) electrons. The number of thiocarbonyl (C=S) groups is 1. The molecule has 188 valence electrons. The molecule has 0 aliphatic carbocycles. The maximum absolute atomic E-state index is 6.39. The van der Waals surface area contributed by atoms with Crippen LogP contribution in [-0.4, -0.2) is 9.92 Å². The lowest BCUT2D eigenvalue weighted by Gasteiger charge is -2.46. The zero-order valence-corrected chi connectivity index (χ0v) is 21.9. The van der Waals surface area contributed by atoms with Gasteiger partial charge in [0.2, 0.25) is 5.69 Å². The number of anilines is 2. The molecule has 1 fully saturated rings. The van der Waals surface area contributed by atoms with Crippen LogP contribution in [0.15, 0.2) is 157 Å². The molecule has 5 aromatic carbocycles. The Balaban J connectivity index is 1.64. The predicted molar refractivity (Wildman–Crippen MR) is 159 cm³/mol. The van der Waals surface area contributed by atoms with E-state index in [2.05, 4.69) is 82.6 Å². The van der Waals surface area contributed by atoms with Crippen molar-refractivity contribution >= 4 is 34.4 Å². The second-order valence-corrected chi connectivity index (χ2v) is 9.89. The molecule has 1 saturated heterocycles. The smallest absolute Gasteiger partial charge is 0.225 e. The lowest BCUT2D eigenvalue weighted by molar-refractivity contribution is -0.457. The summed E-state index contributed by atoms with van der Waals surface area (Å²) < 4.78 is 0.